The van der Waals surface area contributed by atoms with Gasteiger partial charge < -0.3 is 15.2 Å². The van der Waals surface area contributed by atoms with E-state index in [9.17, 15) is 4.79 Å². The number of hydrogen-bond donors (Lipinski definition) is 1. The molecular formula is C13H25NO3. The zero-order valence-corrected chi connectivity index (χ0v) is 11.2. The lowest BCUT2D eigenvalue weighted by atomic mass is 9.86. The molecule has 3 unspecified atom stereocenters. The molecule has 0 amide bonds. The van der Waals surface area contributed by atoms with Crippen LogP contribution in [0.4, 0.5) is 0 Å². The van der Waals surface area contributed by atoms with Crippen molar-refractivity contribution in [1.82, 2.24) is 0 Å². The molecule has 1 fully saturated rings. The van der Waals surface area contributed by atoms with Crippen LogP contribution in [0.3, 0.4) is 0 Å². The Labute approximate surface area is 104 Å². The van der Waals surface area contributed by atoms with E-state index in [1.165, 1.54) is 7.11 Å². The number of carbonyl (C=O) groups is 1. The summed E-state index contributed by atoms with van der Waals surface area (Å²) in [5, 5.41) is 0. The molecule has 0 aliphatic heterocycles. The fourth-order valence-corrected chi connectivity index (χ4v) is 2.49. The highest BCUT2D eigenvalue weighted by atomic mass is 16.5. The molecular weight excluding hydrogens is 218 g/mol. The number of rotatable bonds is 6. The van der Waals surface area contributed by atoms with Crippen molar-refractivity contribution in [2.45, 2.75) is 57.6 Å². The average molecular weight is 243 g/mol. The Bertz CT molecular complexity index is 257. The van der Waals surface area contributed by atoms with Crippen LogP contribution in [-0.4, -0.2) is 31.3 Å². The van der Waals surface area contributed by atoms with Crippen molar-refractivity contribution >= 4 is 5.97 Å². The Morgan fingerprint density at radius 3 is 2.88 bits per heavy atom. The van der Waals surface area contributed by atoms with Gasteiger partial charge >= 0.3 is 5.97 Å². The standard InChI is InChI=1S/C13H25NO3/c1-4-10(2)17-9-7-11-6-5-8-13(11,14)12(15)16-3/h10-11H,4-9,14H2,1-3H3. The number of methoxy groups -OCH3 is 1. The third-order valence-electron chi connectivity index (χ3n) is 3.88. The van der Waals surface area contributed by atoms with Crippen LogP contribution in [-0.2, 0) is 14.3 Å². The van der Waals surface area contributed by atoms with Crippen LogP contribution in [0.25, 0.3) is 0 Å². The molecule has 2 N–H and O–H groups in total. The van der Waals surface area contributed by atoms with Gasteiger partial charge in [0.05, 0.1) is 13.2 Å². The number of nitrogens with two attached hydrogens (primary N) is 1. The van der Waals surface area contributed by atoms with Crippen LogP contribution in [0.15, 0.2) is 0 Å². The SMILES string of the molecule is CCC(C)OCCC1CCCC1(N)C(=O)OC. The van der Waals surface area contributed by atoms with Gasteiger partial charge in [0.2, 0.25) is 0 Å². The summed E-state index contributed by atoms with van der Waals surface area (Å²) < 4.78 is 10.5. The predicted molar refractivity (Wildman–Crippen MR) is 66.6 cm³/mol. The van der Waals surface area contributed by atoms with Gasteiger partial charge in [0, 0.05) is 6.61 Å². The smallest absolute Gasteiger partial charge is 0.326 e. The van der Waals surface area contributed by atoms with E-state index in [-0.39, 0.29) is 18.0 Å². The Morgan fingerprint density at radius 2 is 2.29 bits per heavy atom. The first-order valence-corrected chi connectivity index (χ1v) is 6.53. The molecule has 0 aromatic carbocycles. The zero-order valence-electron chi connectivity index (χ0n) is 11.2. The number of carbonyl (C=O) groups excluding carboxylic acids is 1. The molecule has 0 saturated heterocycles. The van der Waals surface area contributed by atoms with E-state index in [0.717, 1.165) is 32.1 Å². The van der Waals surface area contributed by atoms with Gasteiger partial charge in [-0.1, -0.05) is 13.3 Å². The van der Waals surface area contributed by atoms with Crippen LogP contribution >= 0.6 is 0 Å². The van der Waals surface area contributed by atoms with Crippen molar-refractivity contribution in [1.29, 1.82) is 0 Å². The largest absolute Gasteiger partial charge is 0.468 e. The lowest BCUT2D eigenvalue weighted by Crippen LogP contribution is -2.51. The Morgan fingerprint density at radius 1 is 1.59 bits per heavy atom. The van der Waals surface area contributed by atoms with Gasteiger partial charge in [-0.05, 0) is 38.5 Å². The maximum Gasteiger partial charge on any atom is 0.326 e. The van der Waals surface area contributed by atoms with Gasteiger partial charge in [-0.2, -0.15) is 0 Å². The lowest BCUT2D eigenvalue weighted by Gasteiger charge is -2.28. The highest BCUT2D eigenvalue weighted by Gasteiger charge is 2.46. The normalized spacial score (nSPS) is 30.2. The second-order valence-electron chi connectivity index (χ2n) is 5.00. The molecule has 4 nitrogen and oxygen atoms in total. The molecule has 0 bridgehead atoms. The molecule has 100 valence electrons. The summed E-state index contributed by atoms with van der Waals surface area (Å²) in [5.41, 5.74) is 5.39. The van der Waals surface area contributed by atoms with Crippen molar-refractivity contribution in [2.75, 3.05) is 13.7 Å². The average Bonchev–Trinajstić information content (AvgIpc) is 2.71. The molecule has 1 rings (SSSR count). The lowest BCUT2D eigenvalue weighted by molar-refractivity contribution is -0.148. The summed E-state index contributed by atoms with van der Waals surface area (Å²) in [5.74, 6) is -0.0810. The predicted octanol–water partition coefficient (Wildman–Crippen LogP) is 1.86. The monoisotopic (exact) mass is 243 g/mol. The van der Waals surface area contributed by atoms with Crippen molar-refractivity contribution in [3.05, 3.63) is 0 Å². The summed E-state index contributed by atoms with van der Waals surface area (Å²) in [4.78, 5) is 11.7. The van der Waals surface area contributed by atoms with Crippen molar-refractivity contribution in [2.24, 2.45) is 11.7 Å². The summed E-state index contributed by atoms with van der Waals surface area (Å²) in [6, 6.07) is 0. The summed E-state index contributed by atoms with van der Waals surface area (Å²) in [7, 11) is 1.40. The molecule has 1 saturated carbocycles. The van der Waals surface area contributed by atoms with Crippen molar-refractivity contribution in [3.63, 3.8) is 0 Å². The van der Waals surface area contributed by atoms with E-state index < -0.39 is 5.54 Å². The van der Waals surface area contributed by atoms with E-state index >= 15 is 0 Å². The van der Waals surface area contributed by atoms with Gasteiger partial charge in [0.15, 0.2) is 0 Å². The van der Waals surface area contributed by atoms with Crippen LogP contribution in [0, 0.1) is 5.92 Å². The maximum atomic E-state index is 11.7. The molecule has 0 aromatic rings. The second-order valence-corrected chi connectivity index (χ2v) is 5.00. The molecule has 0 aromatic heterocycles. The van der Waals surface area contributed by atoms with Gasteiger partial charge in [-0.3, -0.25) is 4.79 Å². The summed E-state index contributed by atoms with van der Waals surface area (Å²) in [6.07, 6.45) is 4.86. The van der Waals surface area contributed by atoms with Gasteiger partial charge in [-0.15, -0.1) is 0 Å². The van der Waals surface area contributed by atoms with Crippen LogP contribution in [0.1, 0.15) is 46.0 Å². The highest BCUT2D eigenvalue weighted by molar-refractivity contribution is 5.81. The topological polar surface area (TPSA) is 61.5 Å². The van der Waals surface area contributed by atoms with Gasteiger partial charge in [-0.25, -0.2) is 0 Å². The molecule has 0 heterocycles. The molecule has 0 spiro atoms. The maximum absolute atomic E-state index is 11.7. The molecule has 1 aliphatic carbocycles. The van der Waals surface area contributed by atoms with Crippen LogP contribution in [0.2, 0.25) is 0 Å². The molecule has 1 aliphatic rings. The van der Waals surface area contributed by atoms with E-state index in [1.54, 1.807) is 0 Å². The Balaban J connectivity index is 2.44. The first-order chi connectivity index (χ1) is 8.04. The minimum Gasteiger partial charge on any atom is -0.468 e. The third kappa shape index (κ3) is 3.42. The van der Waals surface area contributed by atoms with Gasteiger partial charge in [0.25, 0.3) is 0 Å². The Kier molecular flexibility index (Phi) is 5.40. The number of hydrogen-bond acceptors (Lipinski definition) is 4. The fourth-order valence-electron chi connectivity index (χ4n) is 2.49. The molecule has 4 heteroatoms. The summed E-state index contributed by atoms with van der Waals surface area (Å²) in [6.45, 7) is 4.84. The van der Waals surface area contributed by atoms with Crippen LogP contribution in [0.5, 0.6) is 0 Å². The quantitative estimate of drug-likeness (QED) is 0.723. The third-order valence-corrected chi connectivity index (χ3v) is 3.88. The number of esters is 1. The summed E-state index contributed by atoms with van der Waals surface area (Å²) >= 11 is 0. The van der Waals surface area contributed by atoms with Crippen molar-refractivity contribution < 1.29 is 14.3 Å². The van der Waals surface area contributed by atoms with E-state index in [4.69, 9.17) is 15.2 Å². The van der Waals surface area contributed by atoms with E-state index in [1.807, 2.05) is 0 Å². The minimum absolute atomic E-state index is 0.194. The first-order valence-electron chi connectivity index (χ1n) is 6.53. The molecule has 3 atom stereocenters. The molecule has 0 radical (unpaired) electrons. The van der Waals surface area contributed by atoms with E-state index in [0.29, 0.717) is 6.61 Å². The van der Waals surface area contributed by atoms with E-state index in [2.05, 4.69) is 13.8 Å². The fraction of sp³-hybridized carbons (Fsp3) is 0.923. The van der Waals surface area contributed by atoms with Crippen LogP contribution < -0.4 is 5.73 Å². The first kappa shape index (κ1) is 14.5. The van der Waals surface area contributed by atoms with Crippen molar-refractivity contribution in [3.8, 4) is 0 Å². The Hall–Kier alpha value is -0.610. The second kappa shape index (κ2) is 6.36. The molecule has 17 heavy (non-hydrogen) atoms. The minimum atomic E-state index is -0.784. The zero-order chi connectivity index (χ0) is 12.9. The van der Waals surface area contributed by atoms with Gasteiger partial charge in [0.1, 0.15) is 5.54 Å². The highest BCUT2D eigenvalue weighted by Crippen LogP contribution is 2.36. The number of ether oxygens (including phenoxy) is 2.